The average molecular weight is 335 g/mol. The zero-order chi connectivity index (χ0) is 17.5. The highest BCUT2D eigenvalue weighted by atomic mass is 28.4. The topological polar surface area (TPSA) is 65.0 Å². The Hall–Kier alpha value is -0.433. The molecule has 0 aromatic heterocycles. The number of methoxy groups -OCH3 is 1. The third kappa shape index (κ3) is 5.65. The van der Waals surface area contributed by atoms with Crippen molar-refractivity contribution >= 4 is 14.3 Å². The maximum absolute atomic E-state index is 11.1. The van der Waals surface area contributed by atoms with E-state index in [2.05, 4.69) is 46.3 Å². The molecule has 6 heteroatoms. The van der Waals surface area contributed by atoms with Gasteiger partial charge >= 0.3 is 5.97 Å². The van der Waals surface area contributed by atoms with Gasteiger partial charge in [0.2, 0.25) is 0 Å². The molecule has 0 heterocycles. The number of aliphatic hydroxyl groups excluding tert-OH is 1. The van der Waals surface area contributed by atoms with Crippen molar-refractivity contribution in [2.45, 2.75) is 77.3 Å². The Morgan fingerprint density at radius 2 is 1.41 bits per heavy atom. The summed E-state index contributed by atoms with van der Waals surface area (Å²) in [6.07, 6.45) is -1.42. The fraction of sp³-hybridized carbons (Fsp3) is 0.938. The van der Waals surface area contributed by atoms with E-state index in [1.807, 2.05) is 6.92 Å². The van der Waals surface area contributed by atoms with Crippen molar-refractivity contribution in [3.8, 4) is 0 Å². The highest BCUT2D eigenvalue weighted by Crippen LogP contribution is 2.42. The lowest BCUT2D eigenvalue weighted by Gasteiger charge is -2.42. The van der Waals surface area contributed by atoms with Gasteiger partial charge in [0.1, 0.15) is 0 Å². The SMILES string of the molecule is COC(=O)C(O)CO[C@H](C)CO[Si](C(C)C)(C(C)C)C(C)C. The lowest BCUT2D eigenvalue weighted by Crippen LogP contribution is -2.49. The smallest absolute Gasteiger partial charge is 0.337 e. The fourth-order valence-corrected chi connectivity index (χ4v) is 8.79. The first-order valence-electron chi connectivity index (χ1n) is 8.10. The van der Waals surface area contributed by atoms with Crippen LogP contribution in [0, 0.1) is 0 Å². The zero-order valence-electron chi connectivity index (χ0n) is 15.4. The zero-order valence-corrected chi connectivity index (χ0v) is 16.4. The van der Waals surface area contributed by atoms with Gasteiger partial charge in [-0.05, 0) is 23.5 Å². The summed E-state index contributed by atoms with van der Waals surface area (Å²) in [7, 11) is -0.667. The molecule has 1 unspecified atom stereocenters. The van der Waals surface area contributed by atoms with E-state index in [0.29, 0.717) is 23.2 Å². The Labute approximate surface area is 136 Å². The molecule has 0 fully saturated rings. The van der Waals surface area contributed by atoms with Crippen molar-refractivity contribution in [3.05, 3.63) is 0 Å². The van der Waals surface area contributed by atoms with E-state index in [1.54, 1.807) is 0 Å². The van der Waals surface area contributed by atoms with E-state index in [4.69, 9.17) is 9.16 Å². The summed E-state index contributed by atoms with van der Waals surface area (Å²) >= 11 is 0. The Kier molecular flexibility index (Phi) is 9.46. The van der Waals surface area contributed by atoms with Gasteiger partial charge in [-0.15, -0.1) is 0 Å². The van der Waals surface area contributed by atoms with Crippen molar-refractivity contribution in [3.63, 3.8) is 0 Å². The lowest BCUT2D eigenvalue weighted by molar-refractivity contribution is -0.155. The number of hydrogen-bond acceptors (Lipinski definition) is 5. The minimum Gasteiger partial charge on any atom is -0.467 e. The van der Waals surface area contributed by atoms with E-state index in [-0.39, 0.29) is 12.7 Å². The maximum atomic E-state index is 11.1. The van der Waals surface area contributed by atoms with Crippen LogP contribution in [0.1, 0.15) is 48.5 Å². The van der Waals surface area contributed by atoms with Crippen molar-refractivity contribution in [2.75, 3.05) is 20.3 Å². The van der Waals surface area contributed by atoms with Gasteiger partial charge in [-0.3, -0.25) is 0 Å². The molecule has 132 valence electrons. The summed E-state index contributed by atoms with van der Waals surface area (Å²) in [6, 6.07) is 0. The number of esters is 1. The largest absolute Gasteiger partial charge is 0.467 e. The first-order valence-corrected chi connectivity index (χ1v) is 10.2. The molecular weight excluding hydrogens is 300 g/mol. The maximum Gasteiger partial charge on any atom is 0.337 e. The van der Waals surface area contributed by atoms with Crippen LogP contribution in [-0.2, 0) is 18.7 Å². The van der Waals surface area contributed by atoms with E-state index < -0.39 is 20.4 Å². The molecule has 0 aliphatic carbocycles. The van der Waals surface area contributed by atoms with Crippen LogP contribution in [0.15, 0.2) is 0 Å². The average Bonchev–Trinajstić information content (AvgIpc) is 2.43. The van der Waals surface area contributed by atoms with Crippen LogP contribution in [0.5, 0.6) is 0 Å². The summed E-state index contributed by atoms with van der Waals surface area (Å²) in [5, 5.41) is 9.53. The molecular formula is C16H34O5Si. The van der Waals surface area contributed by atoms with Gasteiger partial charge < -0.3 is 19.0 Å². The van der Waals surface area contributed by atoms with Crippen LogP contribution in [0.3, 0.4) is 0 Å². The highest BCUT2D eigenvalue weighted by molar-refractivity contribution is 6.77. The minimum absolute atomic E-state index is 0.0726. The molecule has 0 aromatic carbocycles. The summed E-state index contributed by atoms with van der Waals surface area (Å²) in [5.74, 6) is -0.677. The van der Waals surface area contributed by atoms with Crippen molar-refractivity contribution in [1.82, 2.24) is 0 Å². The summed E-state index contributed by atoms with van der Waals surface area (Å²) in [6.45, 7) is 15.7. The summed E-state index contributed by atoms with van der Waals surface area (Å²) in [4.78, 5) is 11.1. The molecule has 2 atom stereocenters. The number of hydrogen-bond donors (Lipinski definition) is 1. The normalized spacial score (nSPS) is 15.5. The van der Waals surface area contributed by atoms with Crippen LogP contribution in [0.25, 0.3) is 0 Å². The second-order valence-corrected chi connectivity index (χ2v) is 12.3. The van der Waals surface area contributed by atoms with Gasteiger partial charge in [0, 0.05) is 0 Å². The van der Waals surface area contributed by atoms with Crippen LogP contribution in [-0.4, -0.2) is 51.9 Å². The lowest BCUT2D eigenvalue weighted by atomic mass is 10.4. The van der Waals surface area contributed by atoms with E-state index in [1.165, 1.54) is 7.11 Å². The molecule has 0 rings (SSSR count). The second kappa shape index (κ2) is 9.65. The van der Waals surface area contributed by atoms with E-state index >= 15 is 0 Å². The van der Waals surface area contributed by atoms with Crippen LogP contribution in [0.2, 0.25) is 16.6 Å². The molecule has 0 radical (unpaired) electrons. The molecule has 0 aliphatic heterocycles. The Balaban J connectivity index is 4.58. The molecule has 1 N–H and O–H groups in total. The standard InChI is InChI=1S/C16H34O5Si/c1-11(2)22(12(3)4,13(5)6)21-9-14(7)20-10-15(17)16(18)19-8/h11-15,17H,9-10H2,1-8H3/t14-,15?/m1/s1. The summed E-state index contributed by atoms with van der Waals surface area (Å²) in [5.41, 5.74) is 1.54. The van der Waals surface area contributed by atoms with Crippen LogP contribution in [0.4, 0.5) is 0 Å². The number of rotatable bonds is 10. The van der Waals surface area contributed by atoms with E-state index in [9.17, 15) is 9.90 Å². The Morgan fingerprint density at radius 1 is 0.955 bits per heavy atom. The third-order valence-electron chi connectivity index (χ3n) is 4.29. The quantitative estimate of drug-likeness (QED) is 0.491. The monoisotopic (exact) mass is 334 g/mol. The van der Waals surface area contributed by atoms with Crippen molar-refractivity contribution in [2.24, 2.45) is 0 Å². The predicted octanol–water partition coefficient (Wildman–Crippen LogP) is 3.12. The first-order chi connectivity index (χ1) is 10.1. The van der Waals surface area contributed by atoms with Gasteiger partial charge in [0.15, 0.2) is 14.4 Å². The van der Waals surface area contributed by atoms with Gasteiger partial charge in [-0.25, -0.2) is 4.79 Å². The van der Waals surface area contributed by atoms with Crippen molar-refractivity contribution in [1.29, 1.82) is 0 Å². The Morgan fingerprint density at radius 3 is 1.77 bits per heavy atom. The Bertz CT molecular complexity index is 309. The molecule has 0 spiro atoms. The van der Waals surface area contributed by atoms with Gasteiger partial charge in [0.25, 0.3) is 0 Å². The molecule has 22 heavy (non-hydrogen) atoms. The fourth-order valence-electron chi connectivity index (χ4n) is 3.27. The minimum atomic E-state index is -1.91. The molecule has 0 bridgehead atoms. The van der Waals surface area contributed by atoms with Crippen LogP contribution < -0.4 is 0 Å². The molecule has 5 nitrogen and oxygen atoms in total. The number of aliphatic hydroxyl groups is 1. The van der Waals surface area contributed by atoms with Gasteiger partial charge in [-0.1, -0.05) is 41.5 Å². The predicted molar refractivity (Wildman–Crippen MR) is 90.4 cm³/mol. The summed E-state index contributed by atoms with van der Waals surface area (Å²) < 4.78 is 16.4. The highest BCUT2D eigenvalue weighted by Gasteiger charge is 2.45. The number of carbonyl (C=O) groups excluding carboxylic acids is 1. The molecule has 0 amide bonds. The first kappa shape index (κ1) is 21.6. The van der Waals surface area contributed by atoms with Crippen molar-refractivity contribution < 1.29 is 23.8 Å². The van der Waals surface area contributed by atoms with Gasteiger partial charge in [-0.2, -0.15) is 0 Å². The van der Waals surface area contributed by atoms with E-state index in [0.717, 1.165) is 0 Å². The van der Waals surface area contributed by atoms with Gasteiger partial charge in [0.05, 0.1) is 26.4 Å². The molecule has 0 aliphatic rings. The second-order valence-electron chi connectivity index (χ2n) is 6.81. The number of ether oxygens (including phenoxy) is 2. The van der Waals surface area contributed by atoms with Crippen LogP contribution >= 0.6 is 0 Å². The molecule has 0 saturated carbocycles. The number of carbonyl (C=O) groups is 1. The third-order valence-corrected chi connectivity index (χ3v) is 10.4. The molecule has 0 saturated heterocycles. The molecule has 0 aromatic rings.